The van der Waals surface area contributed by atoms with Crippen LogP contribution in [0.4, 0.5) is 11.4 Å². The highest BCUT2D eigenvalue weighted by Crippen LogP contribution is 2.23. The molecule has 0 spiro atoms. The molecule has 0 heterocycles. The second-order valence-electron chi connectivity index (χ2n) is 5.07. The molecule has 0 atom stereocenters. The van der Waals surface area contributed by atoms with E-state index in [0.29, 0.717) is 11.3 Å². The zero-order valence-corrected chi connectivity index (χ0v) is 12.7. The Kier molecular flexibility index (Phi) is 4.75. The number of hydrogen-bond acceptors (Lipinski definition) is 4. The lowest BCUT2D eigenvalue weighted by Crippen LogP contribution is -2.29. The highest BCUT2D eigenvalue weighted by molar-refractivity contribution is 6.43. The van der Waals surface area contributed by atoms with E-state index in [2.05, 4.69) is 10.6 Å². The van der Waals surface area contributed by atoms with E-state index >= 15 is 0 Å². The molecule has 0 radical (unpaired) electrons. The van der Waals surface area contributed by atoms with Crippen molar-refractivity contribution in [1.82, 2.24) is 0 Å². The van der Waals surface area contributed by atoms with E-state index in [1.165, 1.54) is 25.1 Å². The number of phenols is 1. The van der Waals surface area contributed by atoms with Crippen molar-refractivity contribution in [2.24, 2.45) is 0 Å². The Morgan fingerprint density at radius 3 is 2.30 bits per heavy atom. The molecule has 2 rings (SSSR count). The van der Waals surface area contributed by atoms with Crippen molar-refractivity contribution < 1.29 is 19.5 Å². The summed E-state index contributed by atoms with van der Waals surface area (Å²) >= 11 is 0. The van der Waals surface area contributed by atoms with Crippen LogP contribution in [0.3, 0.4) is 0 Å². The number of rotatable bonds is 3. The van der Waals surface area contributed by atoms with Crippen molar-refractivity contribution in [2.45, 2.75) is 13.8 Å². The first kappa shape index (κ1) is 16.2. The van der Waals surface area contributed by atoms with Gasteiger partial charge in [0.15, 0.2) is 5.78 Å². The van der Waals surface area contributed by atoms with E-state index in [0.717, 1.165) is 5.56 Å². The molecular weight excluding hydrogens is 296 g/mol. The van der Waals surface area contributed by atoms with Gasteiger partial charge in [-0.15, -0.1) is 0 Å². The number of carbonyl (C=O) groups is 3. The molecule has 0 fully saturated rings. The van der Waals surface area contributed by atoms with Crippen molar-refractivity contribution in [2.75, 3.05) is 10.6 Å². The van der Waals surface area contributed by atoms with Crippen molar-refractivity contribution in [3.05, 3.63) is 53.6 Å². The minimum Gasteiger partial charge on any atom is -0.506 e. The Labute approximate surface area is 133 Å². The highest BCUT2D eigenvalue weighted by Gasteiger charge is 2.16. The molecular formula is C17H16N2O4. The fourth-order valence-electron chi connectivity index (χ4n) is 1.93. The monoisotopic (exact) mass is 312 g/mol. The number of anilines is 2. The third-order valence-corrected chi connectivity index (χ3v) is 3.13. The predicted molar refractivity (Wildman–Crippen MR) is 86.5 cm³/mol. The number of aryl methyl sites for hydroxylation is 1. The van der Waals surface area contributed by atoms with Crippen LogP contribution in [-0.2, 0) is 9.59 Å². The zero-order valence-electron chi connectivity index (χ0n) is 12.7. The minimum atomic E-state index is -0.919. The summed E-state index contributed by atoms with van der Waals surface area (Å²) in [6, 6.07) is 11.0. The van der Waals surface area contributed by atoms with Crippen LogP contribution >= 0.6 is 0 Å². The Morgan fingerprint density at radius 2 is 1.65 bits per heavy atom. The van der Waals surface area contributed by atoms with Crippen molar-refractivity contribution >= 4 is 29.0 Å². The lowest BCUT2D eigenvalue weighted by Gasteiger charge is -2.09. The van der Waals surface area contributed by atoms with E-state index < -0.39 is 11.8 Å². The van der Waals surface area contributed by atoms with Crippen LogP contribution in [0.15, 0.2) is 42.5 Å². The lowest BCUT2D eigenvalue weighted by atomic mass is 10.1. The fourth-order valence-corrected chi connectivity index (χ4v) is 1.93. The Bertz CT molecular complexity index is 784. The molecule has 0 aliphatic carbocycles. The molecule has 118 valence electrons. The number of carbonyl (C=O) groups excluding carboxylic acids is 3. The molecule has 2 aromatic rings. The van der Waals surface area contributed by atoms with Crippen LogP contribution in [0.1, 0.15) is 22.8 Å². The Hall–Kier alpha value is -3.15. The molecule has 23 heavy (non-hydrogen) atoms. The molecule has 0 saturated heterocycles. The summed E-state index contributed by atoms with van der Waals surface area (Å²) in [5.41, 5.74) is 1.74. The number of benzene rings is 2. The number of ketones is 1. The van der Waals surface area contributed by atoms with Gasteiger partial charge in [-0.3, -0.25) is 14.4 Å². The molecule has 0 saturated carbocycles. The van der Waals surface area contributed by atoms with Crippen LogP contribution in [0.25, 0.3) is 0 Å². The molecule has 0 unspecified atom stereocenters. The van der Waals surface area contributed by atoms with Gasteiger partial charge in [0.25, 0.3) is 0 Å². The summed E-state index contributed by atoms with van der Waals surface area (Å²) in [5.74, 6) is -2.08. The van der Waals surface area contributed by atoms with Gasteiger partial charge in [-0.1, -0.05) is 18.2 Å². The summed E-state index contributed by atoms with van der Waals surface area (Å²) in [7, 11) is 0. The van der Waals surface area contributed by atoms with E-state index in [1.54, 1.807) is 31.2 Å². The minimum absolute atomic E-state index is 0.121. The molecule has 0 aromatic heterocycles. The van der Waals surface area contributed by atoms with Gasteiger partial charge in [-0.05, 0) is 43.7 Å². The Balaban J connectivity index is 2.07. The maximum Gasteiger partial charge on any atom is 0.314 e. The SMILES string of the molecule is CC(=O)c1cccc(NC(=O)C(=O)Nc2ccc(C)cc2O)c1. The van der Waals surface area contributed by atoms with Gasteiger partial charge >= 0.3 is 11.8 Å². The number of amides is 2. The summed E-state index contributed by atoms with van der Waals surface area (Å²) in [6.45, 7) is 3.20. The van der Waals surface area contributed by atoms with E-state index in [9.17, 15) is 19.5 Å². The number of phenolic OH excluding ortho intramolecular Hbond substituents is 1. The molecule has 0 aliphatic heterocycles. The average Bonchev–Trinajstić information content (AvgIpc) is 2.50. The van der Waals surface area contributed by atoms with Crippen LogP contribution in [0.2, 0.25) is 0 Å². The van der Waals surface area contributed by atoms with Crippen LogP contribution in [-0.4, -0.2) is 22.7 Å². The smallest absolute Gasteiger partial charge is 0.314 e. The van der Waals surface area contributed by atoms with Crippen LogP contribution in [0, 0.1) is 6.92 Å². The first-order valence-corrected chi connectivity index (χ1v) is 6.90. The molecule has 0 aliphatic rings. The third kappa shape index (κ3) is 4.16. The highest BCUT2D eigenvalue weighted by atomic mass is 16.3. The molecule has 6 heteroatoms. The first-order valence-electron chi connectivity index (χ1n) is 6.90. The average molecular weight is 312 g/mol. The Morgan fingerprint density at radius 1 is 0.957 bits per heavy atom. The van der Waals surface area contributed by atoms with Gasteiger partial charge in [0, 0.05) is 11.3 Å². The van der Waals surface area contributed by atoms with Gasteiger partial charge in [0.2, 0.25) is 0 Å². The standard InChI is InChI=1S/C17H16N2O4/c1-10-6-7-14(15(21)8-10)19-17(23)16(22)18-13-5-3-4-12(9-13)11(2)20/h3-9,21H,1-2H3,(H,18,22)(H,19,23). The van der Waals surface area contributed by atoms with Crippen LogP contribution in [0.5, 0.6) is 5.75 Å². The van der Waals surface area contributed by atoms with Gasteiger partial charge < -0.3 is 15.7 Å². The lowest BCUT2D eigenvalue weighted by molar-refractivity contribution is -0.133. The summed E-state index contributed by atoms with van der Waals surface area (Å²) in [5, 5.41) is 14.5. The molecule has 2 amide bonds. The van der Waals surface area contributed by atoms with Crippen molar-refractivity contribution in [3.8, 4) is 5.75 Å². The normalized spacial score (nSPS) is 10.0. The van der Waals surface area contributed by atoms with Gasteiger partial charge in [0.05, 0.1) is 5.69 Å². The third-order valence-electron chi connectivity index (χ3n) is 3.13. The zero-order chi connectivity index (χ0) is 17.0. The molecule has 6 nitrogen and oxygen atoms in total. The van der Waals surface area contributed by atoms with E-state index in [4.69, 9.17) is 0 Å². The predicted octanol–water partition coefficient (Wildman–Crippen LogP) is 2.48. The topological polar surface area (TPSA) is 95.5 Å². The van der Waals surface area contributed by atoms with Gasteiger partial charge in [-0.2, -0.15) is 0 Å². The van der Waals surface area contributed by atoms with Gasteiger partial charge in [0.1, 0.15) is 5.75 Å². The first-order chi connectivity index (χ1) is 10.9. The summed E-state index contributed by atoms with van der Waals surface area (Å²) in [6.07, 6.45) is 0. The number of nitrogens with one attached hydrogen (secondary N) is 2. The number of aromatic hydroxyl groups is 1. The van der Waals surface area contributed by atoms with Crippen molar-refractivity contribution in [3.63, 3.8) is 0 Å². The van der Waals surface area contributed by atoms with E-state index in [-0.39, 0.29) is 17.2 Å². The quantitative estimate of drug-likeness (QED) is 0.461. The van der Waals surface area contributed by atoms with Crippen LogP contribution < -0.4 is 10.6 Å². The molecule has 0 bridgehead atoms. The summed E-state index contributed by atoms with van der Waals surface area (Å²) < 4.78 is 0. The number of Topliss-reactive ketones (excluding diaryl/α,β-unsaturated/α-hetero) is 1. The van der Waals surface area contributed by atoms with Gasteiger partial charge in [-0.25, -0.2) is 0 Å². The second-order valence-corrected chi connectivity index (χ2v) is 5.07. The maximum atomic E-state index is 11.9. The second kappa shape index (κ2) is 6.74. The number of hydrogen-bond donors (Lipinski definition) is 3. The van der Waals surface area contributed by atoms with Crippen molar-refractivity contribution in [1.29, 1.82) is 0 Å². The fraction of sp³-hybridized carbons (Fsp3) is 0.118. The largest absolute Gasteiger partial charge is 0.506 e. The van der Waals surface area contributed by atoms with E-state index in [1.807, 2.05) is 0 Å². The molecule has 3 N–H and O–H groups in total. The summed E-state index contributed by atoms with van der Waals surface area (Å²) in [4.78, 5) is 35.1. The molecule has 2 aromatic carbocycles. The maximum absolute atomic E-state index is 11.9.